The molecule has 122 valence electrons. The van der Waals surface area contributed by atoms with E-state index in [2.05, 4.69) is 75.7 Å². The first-order valence-corrected chi connectivity index (χ1v) is 7.81. The number of benzene rings is 1. The molecule has 0 unspecified atom stereocenters. The smallest absolute Gasteiger partial charge is 0.0277 e. The van der Waals surface area contributed by atoms with Gasteiger partial charge in [-0.05, 0) is 101 Å². The van der Waals surface area contributed by atoms with Gasteiger partial charge in [0.2, 0.25) is 0 Å². The van der Waals surface area contributed by atoms with Crippen molar-refractivity contribution in [2.45, 2.75) is 20.8 Å². The van der Waals surface area contributed by atoms with Crippen LogP contribution in [0.5, 0.6) is 0 Å². The topological polar surface area (TPSA) is 0 Å². The summed E-state index contributed by atoms with van der Waals surface area (Å²) in [6.07, 6.45) is 22.6. The van der Waals surface area contributed by atoms with Gasteiger partial charge >= 0.3 is 0 Å². The average molecular weight is 354 g/mol. The molecule has 0 spiro atoms. The molecule has 1 aromatic carbocycles. The molecule has 0 bridgehead atoms. The maximum absolute atomic E-state index is 3.14. The van der Waals surface area contributed by atoms with E-state index >= 15 is 0 Å². The van der Waals surface area contributed by atoms with E-state index in [-0.39, 0.29) is 17.1 Å². The monoisotopic (exact) mass is 354 g/mol. The summed E-state index contributed by atoms with van der Waals surface area (Å²) in [7, 11) is 0. The third-order valence-electron chi connectivity index (χ3n) is 3.57. The van der Waals surface area contributed by atoms with Gasteiger partial charge in [0.1, 0.15) is 0 Å². The van der Waals surface area contributed by atoms with Gasteiger partial charge in [-0.25, -0.2) is 0 Å². The summed E-state index contributed by atoms with van der Waals surface area (Å²) in [5.41, 5.74) is 4.88. The zero-order valence-electron chi connectivity index (χ0n) is 14.4. The minimum Gasteiger partial charge on any atom is -0.101 e. The molecule has 0 amide bonds. The molecular formula is C23H22Fe. The molecule has 0 nitrogen and oxygen atoms in total. The predicted octanol–water partition coefficient (Wildman–Crippen LogP) is 5.11. The van der Waals surface area contributed by atoms with Crippen LogP contribution >= 0.6 is 0 Å². The SMILES string of the molecule is CC#Cc1cc(C)c(/C=C/[C]2[CH][CH][CH][CH]2)cc1C.[CH]1[CH][CH][CH][CH]1.[Fe]. The molecule has 0 aromatic heterocycles. The number of rotatable bonds is 2. The Morgan fingerprint density at radius 1 is 0.750 bits per heavy atom. The van der Waals surface area contributed by atoms with Crippen molar-refractivity contribution >= 4 is 6.08 Å². The summed E-state index contributed by atoms with van der Waals surface area (Å²) in [6.45, 7) is 6.11. The Morgan fingerprint density at radius 2 is 1.33 bits per heavy atom. The van der Waals surface area contributed by atoms with Gasteiger partial charge in [0.15, 0.2) is 0 Å². The van der Waals surface area contributed by atoms with Gasteiger partial charge in [0, 0.05) is 28.6 Å². The van der Waals surface area contributed by atoms with Crippen LogP contribution in [-0.2, 0) is 17.1 Å². The second-order valence-corrected chi connectivity index (χ2v) is 5.41. The standard InChI is InChI=1S/C18H17.C5H5.Fe/c1-4-7-17-12-15(3)18(13-14(17)2)11-10-16-8-5-6-9-16;1-2-4-5-3-1;/h5-6,8-13H,1-3H3;1-5H;/b11-10+;;. The molecule has 2 saturated carbocycles. The van der Waals surface area contributed by atoms with Crippen molar-refractivity contribution in [3.8, 4) is 11.8 Å². The van der Waals surface area contributed by atoms with Crippen LogP contribution in [0, 0.1) is 89.4 Å². The number of aryl methyl sites for hydroxylation is 2. The quantitative estimate of drug-likeness (QED) is 0.511. The first-order valence-electron chi connectivity index (χ1n) is 7.81. The Balaban J connectivity index is 0.000000412. The molecule has 0 heterocycles. The van der Waals surface area contributed by atoms with Gasteiger partial charge < -0.3 is 0 Å². The van der Waals surface area contributed by atoms with Crippen molar-refractivity contribution in [1.82, 2.24) is 0 Å². The van der Waals surface area contributed by atoms with Gasteiger partial charge in [-0.2, -0.15) is 0 Å². The van der Waals surface area contributed by atoms with E-state index in [1.807, 2.05) is 39.0 Å². The molecule has 2 aliphatic carbocycles. The molecule has 24 heavy (non-hydrogen) atoms. The number of allylic oxidation sites excluding steroid dienone is 1. The van der Waals surface area contributed by atoms with E-state index in [0.29, 0.717) is 0 Å². The van der Waals surface area contributed by atoms with Crippen molar-refractivity contribution in [3.63, 3.8) is 0 Å². The van der Waals surface area contributed by atoms with Crippen LogP contribution < -0.4 is 0 Å². The minimum atomic E-state index is 0. The van der Waals surface area contributed by atoms with Gasteiger partial charge in [0.25, 0.3) is 0 Å². The van der Waals surface area contributed by atoms with Crippen molar-refractivity contribution in [1.29, 1.82) is 0 Å². The Kier molecular flexibility index (Phi) is 10.2. The van der Waals surface area contributed by atoms with Crippen LogP contribution in [0.4, 0.5) is 0 Å². The zero-order chi connectivity index (χ0) is 16.5. The molecule has 1 aromatic rings. The fourth-order valence-corrected chi connectivity index (χ4v) is 2.29. The van der Waals surface area contributed by atoms with Crippen LogP contribution in [0.25, 0.3) is 6.08 Å². The van der Waals surface area contributed by atoms with Gasteiger partial charge in [0.05, 0.1) is 0 Å². The van der Waals surface area contributed by atoms with Gasteiger partial charge in [-0.1, -0.05) is 24.1 Å². The first kappa shape index (κ1) is 21.1. The largest absolute Gasteiger partial charge is 0.101 e. The average Bonchev–Trinajstić information content (AvgIpc) is 3.25. The minimum absolute atomic E-state index is 0. The summed E-state index contributed by atoms with van der Waals surface area (Å²) in [5.74, 6) is 7.34. The molecule has 0 aliphatic heterocycles. The van der Waals surface area contributed by atoms with Crippen molar-refractivity contribution < 1.29 is 17.1 Å². The second-order valence-electron chi connectivity index (χ2n) is 5.41. The Hall–Kier alpha value is -0.961. The van der Waals surface area contributed by atoms with Crippen molar-refractivity contribution in [2.24, 2.45) is 0 Å². The molecular weight excluding hydrogens is 332 g/mol. The van der Waals surface area contributed by atoms with E-state index in [1.54, 1.807) is 0 Å². The van der Waals surface area contributed by atoms with Crippen LogP contribution in [0.1, 0.15) is 29.2 Å². The summed E-state index contributed by atoms with van der Waals surface area (Å²) in [6, 6.07) is 4.37. The molecule has 10 radical (unpaired) electrons. The predicted molar refractivity (Wildman–Crippen MR) is 99.4 cm³/mol. The Labute approximate surface area is 160 Å². The van der Waals surface area contributed by atoms with E-state index in [9.17, 15) is 0 Å². The first-order chi connectivity index (χ1) is 11.2. The summed E-state index contributed by atoms with van der Waals surface area (Å²) < 4.78 is 0. The maximum Gasteiger partial charge on any atom is 0.0277 e. The fraction of sp³-hybridized carbons (Fsp3) is 0.130. The maximum atomic E-state index is 3.14. The Morgan fingerprint density at radius 3 is 1.88 bits per heavy atom. The van der Waals surface area contributed by atoms with E-state index in [0.717, 1.165) is 5.56 Å². The second kappa shape index (κ2) is 11.6. The normalized spacial score (nSPS) is 17.0. The van der Waals surface area contributed by atoms with E-state index in [1.165, 1.54) is 22.6 Å². The van der Waals surface area contributed by atoms with Crippen LogP contribution in [-0.4, -0.2) is 0 Å². The molecule has 3 rings (SSSR count). The number of hydrogen-bond donors (Lipinski definition) is 0. The van der Waals surface area contributed by atoms with E-state index in [4.69, 9.17) is 0 Å². The van der Waals surface area contributed by atoms with Crippen LogP contribution in [0.2, 0.25) is 0 Å². The molecule has 2 fully saturated rings. The number of hydrogen-bond acceptors (Lipinski definition) is 0. The fourth-order valence-electron chi connectivity index (χ4n) is 2.29. The molecule has 0 atom stereocenters. The zero-order valence-corrected chi connectivity index (χ0v) is 15.5. The molecule has 1 heteroatoms. The summed E-state index contributed by atoms with van der Waals surface area (Å²) >= 11 is 0. The van der Waals surface area contributed by atoms with Gasteiger partial charge in [-0.3, -0.25) is 0 Å². The van der Waals surface area contributed by atoms with Crippen molar-refractivity contribution in [2.75, 3.05) is 0 Å². The van der Waals surface area contributed by atoms with Crippen LogP contribution in [0.3, 0.4) is 0 Å². The van der Waals surface area contributed by atoms with E-state index < -0.39 is 0 Å². The third kappa shape index (κ3) is 6.88. The molecule has 2 aliphatic rings. The van der Waals surface area contributed by atoms with Crippen LogP contribution in [0.15, 0.2) is 18.2 Å². The Bertz CT molecular complexity index is 568. The summed E-state index contributed by atoms with van der Waals surface area (Å²) in [4.78, 5) is 0. The molecule has 0 N–H and O–H groups in total. The van der Waals surface area contributed by atoms with Crippen molar-refractivity contribution in [3.05, 3.63) is 104 Å². The summed E-state index contributed by atoms with van der Waals surface area (Å²) in [5, 5.41) is 0. The third-order valence-corrected chi connectivity index (χ3v) is 3.57. The molecule has 0 saturated heterocycles. The van der Waals surface area contributed by atoms with Gasteiger partial charge in [-0.15, -0.1) is 5.92 Å².